The predicted molar refractivity (Wildman–Crippen MR) is 90.8 cm³/mol. The van der Waals surface area contributed by atoms with Crippen LogP contribution in [-0.2, 0) is 4.74 Å². The van der Waals surface area contributed by atoms with Gasteiger partial charge in [-0.05, 0) is 61.7 Å². The molecule has 1 N–H and O–H groups in total. The van der Waals surface area contributed by atoms with Crippen LogP contribution in [0.4, 0.5) is 0 Å². The summed E-state index contributed by atoms with van der Waals surface area (Å²) in [4.78, 5) is 0. The molecular formula is C20H36O2. The van der Waals surface area contributed by atoms with Crippen molar-refractivity contribution < 1.29 is 9.84 Å². The van der Waals surface area contributed by atoms with E-state index in [2.05, 4.69) is 27.7 Å². The molecule has 3 aliphatic rings. The SMILES string of the molecule is CCC[C@H](CO)OC1CC(C)(C)C2CCC3(C)CCCC12C3. The number of aliphatic hydroxyl groups is 1. The lowest BCUT2D eigenvalue weighted by Crippen LogP contribution is -2.50. The van der Waals surface area contributed by atoms with E-state index < -0.39 is 0 Å². The first-order chi connectivity index (χ1) is 10.4. The lowest BCUT2D eigenvalue weighted by molar-refractivity contribution is -0.143. The topological polar surface area (TPSA) is 29.5 Å². The van der Waals surface area contributed by atoms with Crippen LogP contribution < -0.4 is 0 Å². The van der Waals surface area contributed by atoms with Crippen LogP contribution in [0.5, 0.6) is 0 Å². The van der Waals surface area contributed by atoms with Crippen LogP contribution in [0.15, 0.2) is 0 Å². The third-order valence-electron chi connectivity index (χ3n) is 7.38. The Labute approximate surface area is 137 Å². The molecule has 3 aliphatic carbocycles. The highest BCUT2D eigenvalue weighted by Crippen LogP contribution is 2.69. The first-order valence-corrected chi connectivity index (χ1v) is 9.62. The summed E-state index contributed by atoms with van der Waals surface area (Å²) >= 11 is 0. The van der Waals surface area contributed by atoms with E-state index in [4.69, 9.17) is 4.74 Å². The van der Waals surface area contributed by atoms with Gasteiger partial charge in [-0.3, -0.25) is 0 Å². The van der Waals surface area contributed by atoms with Gasteiger partial charge in [0, 0.05) is 5.41 Å². The van der Waals surface area contributed by atoms with Gasteiger partial charge >= 0.3 is 0 Å². The summed E-state index contributed by atoms with van der Waals surface area (Å²) in [6, 6.07) is 0. The van der Waals surface area contributed by atoms with Gasteiger partial charge in [-0.2, -0.15) is 0 Å². The molecule has 3 fully saturated rings. The second kappa shape index (κ2) is 5.77. The molecule has 0 aromatic carbocycles. The van der Waals surface area contributed by atoms with Gasteiger partial charge in [0.05, 0.1) is 18.8 Å². The second-order valence-electron chi connectivity index (χ2n) is 9.58. The quantitative estimate of drug-likeness (QED) is 0.779. The van der Waals surface area contributed by atoms with Crippen LogP contribution in [0.3, 0.4) is 0 Å². The molecule has 22 heavy (non-hydrogen) atoms. The Bertz CT molecular complexity index is 405. The van der Waals surface area contributed by atoms with Crippen LogP contribution in [0.1, 0.15) is 85.5 Å². The minimum absolute atomic E-state index is 0.0500. The summed E-state index contributed by atoms with van der Waals surface area (Å²) in [5.41, 5.74) is 1.35. The van der Waals surface area contributed by atoms with Crippen LogP contribution in [0, 0.1) is 22.2 Å². The molecule has 3 saturated carbocycles. The van der Waals surface area contributed by atoms with Crippen LogP contribution in [-0.4, -0.2) is 23.9 Å². The summed E-state index contributed by atoms with van der Waals surface area (Å²) in [5, 5.41) is 9.69. The van der Waals surface area contributed by atoms with Crippen molar-refractivity contribution in [2.75, 3.05) is 6.61 Å². The van der Waals surface area contributed by atoms with Crippen LogP contribution in [0.25, 0.3) is 0 Å². The normalized spacial score (nSPS) is 44.6. The minimum atomic E-state index is 0.0500. The van der Waals surface area contributed by atoms with Crippen molar-refractivity contribution in [2.24, 2.45) is 22.2 Å². The Morgan fingerprint density at radius 1 is 1.18 bits per heavy atom. The molecule has 4 unspecified atom stereocenters. The zero-order valence-electron chi connectivity index (χ0n) is 15.2. The lowest BCUT2D eigenvalue weighted by Gasteiger charge is -2.56. The highest BCUT2D eigenvalue weighted by molar-refractivity contribution is 5.13. The summed E-state index contributed by atoms with van der Waals surface area (Å²) in [5.74, 6) is 0.819. The number of aliphatic hydroxyl groups excluding tert-OH is 1. The maximum Gasteiger partial charge on any atom is 0.0809 e. The summed E-state index contributed by atoms with van der Waals surface area (Å²) in [6.45, 7) is 9.82. The van der Waals surface area contributed by atoms with E-state index in [1.807, 2.05) is 0 Å². The maximum absolute atomic E-state index is 9.69. The largest absolute Gasteiger partial charge is 0.394 e. The van der Waals surface area contributed by atoms with Gasteiger partial charge in [-0.1, -0.05) is 40.5 Å². The fourth-order valence-corrected chi connectivity index (χ4v) is 6.54. The molecule has 0 aromatic heterocycles. The first-order valence-electron chi connectivity index (χ1n) is 9.62. The molecule has 2 heteroatoms. The van der Waals surface area contributed by atoms with Gasteiger partial charge in [-0.15, -0.1) is 0 Å². The van der Waals surface area contributed by atoms with Gasteiger partial charge in [0.1, 0.15) is 0 Å². The molecule has 0 heterocycles. The summed E-state index contributed by atoms with van der Waals surface area (Å²) < 4.78 is 6.58. The van der Waals surface area contributed by atoms with Crippen molar-refractivity contribution in [3.8, 4) is 0 Å². The third-order valence-corrected chi connectivity index (χ3v) is 7.38. The lowest BCUT2D eigenvalue weighted by atomic mass is 9.50. The zero-order valence-corrected chi connectivity index (χ0v) is 15.2. The smallest absolute Gasteiger partial charge is 0.0809 e. The molecule has 0 aliphatic heterocycles. The molecule has 1 spiro atoms. The number of ether oxygens (including phenoxy) is 1. The van der Waals surface area contributed by atoms with Crippen molar-refractivity contribution in [2.45, 2.75) is 97.7 Å². The molecule has 0 saturated heterocycles. The average Bonchev–Trinajstić information content (AvgIpc) is 2.63. The molecule has 2 bridgehead atoms. The predicted octanol–water partition coefficient (Wildman–Crippen LogP) is 4.94. The highest BCUT2D eigenvalue weighted by atomic mass is 16.5. The zero-order chi connectivity index (χ0) is 16.0. The van der Waals surface area contributed by atoms with Crippen molar-refractivity contribution in [1.29, 1.82) is 0 Å². The standard InChI is InChI=1S/C20H36O2/c1-5-7-15(13-21)22-17-12-18(2,3)16-8-11-19(4)9-6-10-20(16,17)14-19/h15-17,21H,5-14H2,1-4H3/t15-,16?,17?,19?,20?/m1/s1. The Morgan fingerprint density at radius 3 is 2.64 bits per heavy atom. The Hall–Kier alpha value is -0.0800. The first kappa shape index (κ1) is 16.8. The van der Waals surface area contributed by atoms with Crippen molar-refractivity contribution in [3.63, 3.8) is 0 Å². The van der Waals surface area contributed by atoms with E-state index >= 15 is 0 Å². The monoisotopic (exact) mass is 308 g/mol. The fourth-order valence-electron chi connectivity index (χ4n) is 6.54. The van der Waals surface area contributed by atoms with E-state index in [1.165, 1.54) is 44.9 Å². The molecule has 5 atom stereocenters. The number of fused-ring (bicyclic) bond motifs is 1. The average molecular weight is 309 g/mol. The van der Waals surface area contributed by atoms with Gasteiger partial charge in [-0.25, -0.2) is 0 Å². The molecule has 0 aromatic rings. The minimum Gasteiger partial charge on any atom is -0.394 e. The maximum atomic E-state index is 9.69. The van der Waals surface area contributed by atoms with Crippen molar-refractivity contribution in [3.05, 3.63) is 0 Å². The molecular weight excluding hydrogens is 272 g/mol. The Balaban J connectivity index is 1.86. The van der Waals surface area contributed by atoms with Crippen molar-refractivity contribution >= 4 is 0 Å². The molecule has 0 radical (unpaired) electrons. The Morgan fingerprint density at radius 2 is 1.95 bits per heavy atom. The van der Waals surface area contributed by atoms with E-state index in [1.54, 1.807) is 0 Å². The van der Waals surface area contributed by atoms with E-state index in [-0.39, 0.29) is 12.7 Å². The van der Waals surface area contributed by atoms with E-state index in [0.29, 0.717) is 22.3 Å². The van der Waals surface area contributed by atoms with Crippen LogP contribution in [0.2, 0.25) is 0 Å². The van der Waals surface area contributed by atoms with E-state index in [0.717, 1.165) is 18.8 Å². The van der Waals surface area contributed by atoms with Gasteiger partial charge in [0.15, 0.2) is 0 Å². The number of rotatable bonds is 5. The van der Waals surface area contributed by atoms with Crippen LogP contribution >= 0.6 is 0 Å². The van der Waals surface area contributed by atoms with Crippen molar-refractivity contribution in [1.82, 2.24) is 0 Å². The van der Waals surface area contributed by atoms with Gasteiger partial charge < -0.3 is 9.84 Å². The third kappa shape index (κ3) is 2.65. The summed E-state index contributed by atoms with van der Waals surface area (Å²) in [7, 11) is 0. The molecule has 3 rings (SSSR count). The van der Waals surface area contributed by atoms with E-state index in [9.17, 15) is 5.11 Å². The fraction of sp³-hybridized carbons (Fsp3) is 1.00. The molecule has 0 amide bonds. The van der Waals surface area contributed by atoms with Gasteiger partial charge in [0.2, 0.25) is 0 Å². The summed E-state index contributed by atoms with van der Waals surface area (Å²) in [6.07, 6.45) is 12.0. The highest BCUT2D eigenvalue weighted by Gasteiger charge is 2.63. The molecule has 2 nitrogen and oxygen atoms in total. The molecule has 128 valence electrons. The second-order valence-corrected chi connectivity index (χ2v) is 9.58. The number of hydrogen-bond donors (Lipinski definition) is 1. The Kier molecular flexibility index (Phi) is 4.40. The van der Waals surface area contributed by atoms with Gasteiger partial charge in [0.25, 0.3) is 0 Å². The number of hydrogen-bond acceptors (Lipinski definition) is 2.